The summed E-state index contributed by atoms with van der Waals surface area (Å²) in [4.78, 5) is 23.8. The van der Waals surface area contributed by atoms with Crippen LogP contribution in [0, 0.1) is 0 Å². The van der Waals surface area contributed by atoms with Gasteiger partial charge in [0.25, 0.3) is 0 Å². The summed E-state index contributed by atoms with van der Waals surface area (Å²) in [5.41, 5.74) is 8.59. The summed E-state index contributed by atoms with van der Waals surface area (Å²) in [7, 11) is 0. The van der Waals surface area contributed by atoms with Crippen LogP contribution in [-0.2, 0) is 0 Å². The lowest BCUT2D eigenvalue weighted by molar-refractivity contribution is 0.204. The highest BCUT2D eigenvalue weighted by molar-refractivity contribution is 6.35. The van der Waals surface area contributed by atoms with E-state index < -0.39 is 0 Å². The topological polar surface area (TPSA) is 113 Å². The van der Waals surface area contributed by atoms with Crippen molar-refractivity contribution >= 4 is 46.0 Å². The van der Waals surface area contributed by atoms with Crippen LogP contribution in [0.3, 0.4) is 0 Å². The maximum atomic E-state index is 11.3. The molecule has 1 fully saturated rings. The molecule has 0 spiro atoms. The van der Waals surface area contributed by atoms with E-state index in [1.165, 1.54) is 0 Å². The zero-order valence-corrected chi connectivity index (χ0v) is 20.4. The Morgan fingerprint density at radius 3 is 2.49 bits per heavy atom. The molecule has 0 saturated carbocycles. The lowest BCUT2D eigenvalue weighted by Gasteiger charge is -2.34. The van der Waals surface area contributed by atoms with Gasteiger partial charge in [-0.25, -0.2) is 9.78 Å². The van der Waals surface area contributed by atoms with Crippen LogP contribution >= 0.6 is 23.2 Å². The standard InChI is InChI=1S/C24H23Cl2N7O2/c1-14(22-18(25)12-28-13-19(22)26)35-16-3-4-20-17(10-16)23(31-30-20)15-2-5-21(29-11-15)32-6-8-33(9-7-32)24(27)34/h2-5,10-14H,6-9H2,1H3,(H2,27,34)(H,30,31). The van der Waals surface area contributed by atoms with E-state index in [1.807, 2.05) is 37.3 Å². The van der Waals surface area contributed by atoms with E-state index in [2.05, 4.69) is 25.1 Å². The van der Waals surface area contributed by atoms with E-state index in [1.54, 1.807) is 23.5 Å². The number of nitrogens with zero attached hydrogens (tertiary/aromatic N) is 5. The third kappa shape index (κ3) is 4.69. The Morgan fingerprint density at radius 1 is 1.09 bits per heavy atom. The average Bonchev–Trinajstić information content (AvgIpc) is 3.27. The molecule has 4 aromatic rings. The molecule has 0 radical (unpaired) electrons. The zero-order valence-electron chi connectivity index (χ0n) is 18.9. The highest BCUT2D eigenvalue weighted by Crippen LogP contribution is 2.35. The molecular weight excluding hydrogens is 489 g/mol. The smallest absolute Gasteiger partial charge is 0.314 e. The molecule has 35 heavy (non-hydrogen) atoms. The number of hydrogen-bond donors (Lipinski definition) is 2. The van der Waals surface area contributed by atoms with Crippen LogP contribution in [0.25, 0.3) is 22.2 Å². The van der Waals surface area contributed by atoms with E-state index >= 15 is 0 Å². The first-order chi connectivity index (χ1) is 16.9. The van der Waals surface area contributed by atoms with Gasteiger partial charge in [0, 0.05) is 61.3 Å². The molecule has 5 rings (SSSR count). The molecule has 11 heteroatoms. The zero-order chi connectivity index (χ0) is 24.5. The van der Waals surface area contributed by atoms with Crippen molar-refractivity contribution in [2.24, 2.45) is 5.73 Å². The highest BCUT2D eigenvalue weighted by Gasteiger charge is 2.21. The normalized spacial score (nSPS) is 14.8. The lowest BCUT2D eigenvalue weighted by Crippen LogP contribution is -2.50. The van der Waals surface area contributed by atoms with Crippen LogP contribution in [0.5, 0.6) is 5.75 Å². The van der Waals surface area contributed by atoms with Gasteiger partial charge in [0.2, 0.25) is 0 Å². The summed E-state index contributed by atoms with van der Waals surface area (Å²) < 4.78 is 6.16. The number of pyridine rings is 2. The molecule has 1 aromatic carbocycles. The van der Waals surface area contributed by atoms with Gasteiger partial charge >= 0.3 is 6.03 Å². The van der Waals surface area contributed by atoms with E-state index in [9.17, 15) is 4.79 Å². The number of urea groups is 1. The Kier molecular flexibility index (Phi) is 6.36. The lowest BCUT2D eigenvalue weighted by atomic mass is 10.1. The summed E-state index contributed by atoms with van der Waals surface area (Å²) in [5.74, 6) is 1.51. The van der Waals surface area contributed by atoms with Crippen molar-refractivity contribution in [2.45, 2.75) is 13.0 Å². The number of fused-ring (bicyclic) bond motifs is 1. The molecule has 0 aliphatic carbocycles. The summed E-state index contributed by atoms with van der Waals surface area (Å²) in [6.07, 6.45) is 4.53. The maximum Gasteiger partial charge on any atom is 0.314 e. The number of benzene rings is 1. The molecule has 1 atom stereocenters. The number of halogens is 2. The van der Waals surface area contributed by atoms with Crippen LogP contribution < -0.4 is 15.4 Å². The van der Waals surface area contributed by atoms with Gasteiger partial charge in [-0.3, -0.25) is 10.1 Å². The van der Waals surface area contributed by atoms with Gasteiger partial charge in [-0.2, -0.15) is 5.10 Å². The van der Waals surface area contributed by atoms with E-state index in [-0.39, 0.29) is 12.1 Å². The molecule has 1 unspecified atom stereocenters. The van der Waals surface area contributed by atoms with Gasteiger partial charge in [-0.1, -0.05) is 23.2 Å². The number of nitrogens with one attached hydrogen (secondary N) is 1. The Bertz CT molecular complexity index is 1350. The molecule has 1 aliphatic rings. The van der Waals surface area contributed by atoms with Crippen molar-refractivity contribution in [2.75, 3.05) is 31.1 Å². The monoisotopic (exact) mass is 511 g/mol. The first-order valence-electron chi connectivity index (χ1n) is 11.1. The molecule has 4 heterocycles. The van der Waals surface area contributed by atoms with Crippen LogP contribution in [0.1, 0.15) is 18.6 Å². The van der Waals surface area contributed by atoms with E-state index in [0.29, 0.717) is 47.5 Å². The number of aromatic nitrogens is 4. The van der Waals surface area contributed by atoms with Gasteiger partial charge in [-0.05, 0) is 37.3 Å². The number of ether oxygens (including phenoxy) is 1. The molecule has 9 nitrogen and oxygen atoms in total. The molecule has 1 aliphatic heterocycles. The summed E-state index contributed by atoms with van der Waals surface area (Å²) in [6, 6.07) is 9.30. The second kappa shape index (κ2) is 9.59. The predicted molar refractivity (Wildman–Crippen MR) is 136 cm³/mol. The number of piperazine rings is 1. The number of carbonyl (C=O) groups is 1. The van der Waals surface area contributed by atoms with Gasteiger partial charge in [0.15, 0.2) is 0 Å². The Morgan fingerprint density at radius 2 is 1.83 bits per heavy atom. The minimum absolute atomic E-state index is 0.373. The van der Waals surface area contributed by atoms with Crippen LogP contribution in [-0.4, -0.2) is 57.3 Å². The van der Waals surface area contributed by atoms with Gasteiger partial charge in [-0.15, -0.1) is 0 Å². The molecular formula is C24H23Cl2N7O2. The van der Waals surface area contributed by atoms with Gasteiger partial charge in [0.05, 0.1) is 15.6 Å². The Balaban J connectivity index is 1.36. The minimum atomic E-state index is -0.386. The molecule has 3 aromatic heterocycles. The fourth-order valence-electron chi connectivity index (χ4n) is 4.23. The number of anilines is 1. The van der Waals surface area contributed by atoms with Crippen molar-refractivity contribution in [3.8, 4) is 17.0 Å². The number of aromatic amines is 1. The van der Waals surface area contributed by atoms with Crippen molar-refractivity contribution in [1.82, 2.24) is 25.1 Å². The predicted octanol–water partition coefficient (Wildman–Crippen LogP) is 4.67. The average molecular weight is 512 g/mol. The van der Waals surface area contributed by atoms with Crippen LogP contribution in [0.4, 0.5) is 10.6 Å². The van der Waals surface area contributed by atoms with Crippen molar-refractivity contribution in [3.63, 3.8) is 0 Å². The first-order valence-corrected chi connectivity index (χ1v) is 11.9. The molecule has 1 saturated heterocycles. The van der Waals surface area contributed by atoms with Gasteiger partial charge < -0.3 is 20.3 Å². The molecule has 180 valence electrons. The number of carbonyl (C=O) groups excluding carboxylic acids is 1. The van der Waals surface area contributed by atoms with Gasteiger partial charge in [0.1, 0.15) is 23.4 Å². The van der Waals surface area contributed by atoms with Crippen molar-refractivity contribution in [1.29, 1.82) is 0 Å². The second-order valence-corrected chi connectivity index (χ2v) is 9.09. The SMILES string of the molecule is CC(Oc1ccc2[nH]nc(-c3ccc(N4CCN(C(N)=O)CC4)nc3)c2c1)c1c(Cl)cncc1Cl. The maximum absolute atomic E-state index is 11.3. The third-order valence-electron chi connectivity index (χ3n) is 6.08. The van der Waals surface area contributed by atoms with Crippen molar-refractivity contribution in [3.05, 3.63) is 64.5 Å². The molecule has 3 N–H and O–H groups in total. The number of rotatable bonds is 5. The number of primary amides is 1. The largest absolute Gasteiger partial charge is 0.486 e. The van der Waals surface area contributed by atoms with E-state index in [0.717, 1.165) is 28.0 Å². The number of nitrogens with two attached hydrogens (primary N) is 1. The third-order valence-corrected chi connectivity index (χ3v) is 6.68. The number of H-pyrrole nitrogens is 1. The van der Waals surface area contributed by atoms with Crippen LogP contribution in [0.2, 0.25) is 10.0 Å². The van der Waals surface area contributed by atoms with Crippen LogP contribution in [0.15, 0.2) is 48.9 Å². The number of amides is 2. The summed E-state index contributed by atoms with van der Waals surface area (Å²) in [6.45, 7) is 4.43. The molecule has 0 bridgehead atoms. The fourth-order valence-corrected chi connectivity index (χ4v) is 4.90. The summed E-state index contributed by atoms with van der Waals surface area (Å²) >= 11 is 12.6. The number of hydrogen-bond acceptors (Lipinski definition) is 6. The Hall–Kier alpha value is -3.56. The van der Waals surface area contributed by atoms with E-state index in [4.69, 9.17) is 33.7 Å². The summed E-state index contributed by atoms with van der Waals surface area (Å²) in [5, 5.41) is 9.39. The Labute approximate surface area is 211 Å². The fraction of sp³-hybridized carbons (Fsp3) is 0.250. The quantitative estimate of drug-likeness (QED) is 0.402. The minimum Gasteiger partial charge on any atom is -0.486 e. The first kappa shape index (κ1) is 23.2. The highest BCUT2D eigenvalue weighted by atomic mass is 35.5. The molecule has 2 amide bonds. The second-order valence-electron chi connectivity index (χ2n) is 8.27. The van der Waals surface area contributed by atoms with Crippen molar-refractivity contribution < 1.29 is 9.53 Å².